The Morgan fingerprint density at radius 1 is 1.33 bits per heavy atom. The van der Waals surface area contributed by atoms with E-state index in [4.69, 9.17) is 9.47 Å². The number of carbonyl (C=O) groups is 2. The summed E-state index contributed by atoms with van der Waals surface area (Å²) in [6, 6.07) is 3.32. The number of methoxy groups -OCH3 is 2. The fraction of sp³-hybridized carbons (Fsp3) is 0.529. The summed E-state index contributed by atoms with van der Waals surface area (Å²) in [6.07, 6.45) is 2.43. The number of hydrogen-bond acceptors (Lipinski definition) is 4. The van der Waals surface area contributed by atoms with Gasteiger partial charge in [0.1, 0.15) is 0 Å². The van der Waals surface area contributed by atoms with E-state index in [0.717, 1.165) is 12.8 Å². The molecule has 0 bridgehead atoms. The summed E-state index contributed by atoms with van der Waals surface area (Å²) in [5.74, 6) is 0.0694. The third kappa shape index (κ3) is 2.55. The largest absolute Gasteiger partial charge is 0.493 e. The van der Waals surface area contributed by atoms with Crippen molar-refractivity contribution >= 4 is 27.8 Å². The third-order valence-electron chi connectivity index (χ3n) is 5.26. The van der Waals surface area contributed by atoms with Crippen molar-refractivity contribution in [3.8, 4) is 11.5 Å². The molecule has 130 valence electrons. The van der Waals surface area contributed by atoms with E-state index in [1.165, 1.54) is 14.2 Å². The van der Waals surface area contributed by atoms with Crippen LogP contribution in [0.25, 0.3) is 0 Å². The number of benzene rings is 1. The minimum atomic E-state index is -0.784. The highest BCUT2D eigenvalue weighted by atomic mass is 79.9. The molecule has 24 heavy (non-hydrogen) atoms. The number of halogens is 1. The molecule has 1 heterocycles. The number of likely N-dealkylation sites (tertiary alicyclic amines) is 1. The standard InChI is InChI=1S/C17H20BrNO5/c1-23-13-7-10(6-12(18)14(13)24-2)15(20)19-8-11-4-3-5-17(11,9-19)16(21)22/h6-7,11H,3-5,8-9H2,1-2H3,(H,21,22)/t11-,17+/m0/s1. The minimum absolute atomic E-state index is 0.0440. The maximum absolute atomic E-state index is 12.9. The molecule has 0 unspecified atom stereocenters. The van der Waals surface area contributed by atoms with Crippen molar-refractivity contribution in [2.75, 3.05) is 27.3 Å². The SMILES string of the molecule is COc1cc(C(=O)N2C[C@@H]3CCC[C@@]3(C(=O)O)C2)cc(Br)c1OC. The van der Waals surface area contributed by atoms with E-state index in [0.29, 0.717) is 34.5 Å². The van der Waals surface area contributed by atoms with E-state index < -0.39 is 11.4 Å². The molecular weight excluding hydrogens is 378 g/mol. The Balaban J connectivity index is 1.88. The van der Waals surface area contributed by atoms with Crippen LogP contribution in [0.15, 0.2) is 16.6 Å². The Hall–Kier alpha value is -1.76. The number of amides is 1. The second-order valence-electron chi connectivity index (χ2n) is 6.43. The molecule has 1 aliphatic carbocycles. The predicted molar refractivity (Wildman–Crippen MR) is 90.6 cm³/mol. The van der Waals surface area contributed by atoms with E-state index in [2.05, 4.69) is 15.9 Å². The molecule has 1 aliphatic heterocycles. The fourth-order valence-corrected chi connectivity index (χ4v) is 4.62. The first kappa shape index (κ1) is 17.1. The lowest BCUT2D eigenvalue weighted by atomic mass is 9.81. The highest BCUT2D eigenvalue weighted by Gasteiger charge is 2.55. The van der Waals surface area contributed by atoms with Crippen molar-refractivity contribution in [2.24, 2.45) is 11.3 Å². The summed E-state index contributed by atoms with van der Waals surface area (Å²) in [5.41, 5.74) is -0.316. The van der Waals surface area contributed by atoms with E-state index in [-0.39, 0.29) is 18.4 Å². The Morgan fingerprint density at radius 2 is 2.08 bits per heavy atom. The van der Waals surface area contributed by atoms with Crippen LogP contribution in [-0.4, -0.2) is 49.2 Å². The summed E-state index contributed by atoms with van der Waals surface area (Å²) in [4.78, 5) is 26.3. The van der Waals surface area contributed by atoms with Gasteiger partial charge in [-0.1, -0.05) is 6.42 Å². The molecule has 2 atom stereocenters. The maximum atomic E-state index is 12.9. The second kappa shape index (κ2) is 6.27. The molecule has 7 heteroatoms. The molecule has 2 fully saturated rings. The summed E-state index contributed by atoms with van der Waals surface area (Å²) < 4.78 is 11.2. The van der Waals surface area contributed by atoms with Gasteiger partial charge in [-0.3, -0.25) is 9.59 Å². The van der Waals surface area contributed by atoms with Crippen LogP contribution in [-0.2, 0) is 4.79 Å². The van der Waals surface area contributed by atoms with E-state index in [9.17, 15) is 14.7 Å². The van der Waals surface area contributed by atoms with Crippen LogP contribution >= 0.6 is 15.9 Å². The van der Waals surface area contributed by atoms with Crippen LogP contribution in [0.1, 0.15) is 29.6 Å². The molecule has 3 rings (SSSR count). The van der Waals surface area contributed by atoms with Gasteiger partial charge in [0, 0.05) is 18.7 Å². The number of rotatable bonds is 4. The molecule has 0 radical (unpaired) electrons. The number of aliphatic carboxylic acids is 1. The number of fused-ring (bicyclic) bond motifs is 1. The van der Waals surface area contributed by atoms with Crippen LogP contribution in [0.3, 0.4) is 0 Å². The Morgan fingerprint density at radius 3 is 2.67 bits per heavy atom. The predicted octanol–water partition coefficient (Wildman–Crippen LogP) is 2.79. The van der Waals surface area contributed by atoms with Crippen molar-refractivity contribution in [3.05, 3.63) is 22.2 Å². The Kier molecular flexibility index (Phi) is 4.46. The van der Waals surface area contributed by atoms with Crippen LogP contribution < -0.4 is 9.47 Å². The van der Waals surface area contributed by atoms with Crippen molar-refractivity contribution in [1.82, 2.24) is 4.90 Å². The summed E-state index contributed by atoms with van der Waals surface area (Å²) in [7, 11) is 3.04. The lowest BCUT2D eigenvalue weighted by molar-refractivity contribution is -0.149. The molecule has 0 aromatic heterocycles. The maximum Gasteiger partial charge on any atom is 0.311 e. The van der Waals surface area contributed by atoms with Gasteiger partial charge in [0.25, 0.3) is 5.91 Å². The van der Waals surface area contributed by atoms with Crippen molar-refractivity contribution < 1.29 is 24.2 Å². The molecule has 0 spiro atoms. The fourth-order valence-electron chi connectivity index (χ4n) is 4.02. The zero-order valence-corrected chi connectivity index (χ0v) is 15.3. The number of hydrogen-bond donors (Lipinski definition) is 1. The quantitative estimate of drug-likeness (QED) is 0.844. The van der Waals surface area contributed by atoms with Gasteiger partial charge >= 0.3 is 5.97 Å². The van der Waals surface area contributed by atoms with Crippen LogP contribution in [0.4, 0.5) is 0 Å². The lowest BCUT2D eigenvalue weighted by Gasteiger charge is -2.23. The van der Waals surface area contributed by atoms with Crippen molar-refractivity contribution in [2.45, 2.75) is 19.3 Å². The highest BCUT2D eigenvalue weighted by molar-refractivity contribution is 9.10. The van der Waals surface area contributed by atoms with Gasteiger partial charge in [0.2, 0.25) is 0 Å². The number of carboxylic acids is 1. The number of nitrogens with zero attached hydrogens (tertiary/aromatic N) is 1. The zero-order chi connectivity index (χ0) is 17.5. The van der Waals surface area contributed by atoms with Gasteiger partial charge in [0.05, 0.1) is 24.1 Å². The molecule has 1 N–H and O–H groups in total. The molecule has 1 saturated carbocycles. The monoisotopic (exact) mass is 397 g/mol. The van der Waals surface area contributed by atoms with Gasteiger partial charge in [-0.15, -0.1) is 0 Å². The van der Waals surface area contributed by atoms with E-state index in [1.807, 2.05) is 0 Å². The van der Waals surface area contributed by atoms with Gasteiger partial charge < -0.3 is 19.5 Å². The van der Waals surface area contributed by atoms with Crippen LogP contribution in [0.5, 0.6) is 11.5 Å². The molecule has 1 aromatic carbocycles. The summed E-state index contributed by atoms with van der Waals surface area (Å²) in [6.45, 7) is 0.773. The topological polar surface area (TPSA) is 76.1 Å². The second-order valence-corrected chi connectivity index (χ2v) is 7.28. The first-order valence-corrected chi connectivity index (χ1v) is 8.66. The third-order valence-corrected chi connectivity index (χ3v) is 5.85. The first-order chi connectivity index (χ1) is 11.4. The number of ether oxygens (including phenoxy) is 2. The summed E-state index contributed by atoms with van der Waals surface area (Å²) >= 11 is 3.39. The summed E-state index contributed by atoms with van der Waals surface area (Å²) in [5, 5.41) is 9.66. The smallest absolute Gasteiger partial charge is 0.311 e. The first-order valence-electron chi connectivity index (χ1n) is 7.87. The average Bonchev–Trinajstić information content (AvgIpc) is 3.11. The highest BCUT2D eigenvalue weighted by Crippen LogP contribution is 2.49. The van der Waals surface area contributed by atoms with E-state index in [1.54, 1.807) is 17.0 Å². The normalized spacial score (nSPS) is 25.5. The molecular formula is C17H20BrNO5. The van der Waals surface area contributed by atoms with Gasteiger partial charge in [-0.2, -0.15) is 0 Å². The van der Waals surface area contributed by atoms with Crippen LogP contribution in [0, 0.1) is 11.3 Å². The Bertz CT molecular complexity index is 692. The lowest BCUT2D eigenvalue weighted by Crippen LogP contribution is -2.37. The molecule has 6 nitrogen and oxygen atoms in total. The zero-order valence-electron chi connectivity index (χ0n) is 13.7. The van der Waals surface area contributed by atoms with Gasteiger partial charge in [-0.05, 0) is 46.8 Å². The van der Waals surface area contributed by atoms with Crippen LogP contribution in [0.2, 0.25) is 0 Å². The van der Waals surface area contributed by atoms with E-state index >= 15 is 0 Å². The Labute approximate surface area is 148 Å². The molecule has 1 aromatic rings. The molecule has 1 saturated heterocycles. The average molecular weight is 398 g/mol. The van der Waals surface area contributed by atoms with Gasteiger partial charge in [-0.25, -0.2) is 0 Å². The number of carboxylic acid groups (broad SMARTS) is 1. The molecule has 1 amide bonds. The molecule has 2 aliphatic rings. The minimum Gasteiger partial charge on any atom is -0.493 e. The van der Waals surface area contributed by atoms with Gasteiger partial charge in [0.15, 0.2) is 11.5 Å². The van der Waals surface area contributed by atoms with Crippen molar-refractivity contribution in [3.63, 3.8) is 0 Å². The number of carbonyl (C=O) groups excluding carboxylic acids is 1. The van der Waals surface area contributed by atoms with Crippen molar-refractivity contribution in [1.29, 1.82) is 0 Å².